The fourth-order valence-electron chi connectivity index (χ4n) is 2.87. The van der Waals surface area contributed by atoms with Gasteiger partial charge in [-0.05, 0) is 31.0 Å². The second-order valence-electron chi connectivity index (χ2n) is 5.28. The molecule has 1 aromatic carbocycles. The molecule has 1 aromatic rings. The molecule has 2 atom stereocenters. The van der Waals surface area contributed by atoms with Crippen LogP contribution in [0.3, 0.4) is 0 Å². The summed E-state index contributed by atoms with van der Waals surface area (Å²) < 4.78 is 6.09. The first-order chi connectivity index (χ1) is 8.78. The molecular weight excluding hydrogens is 222 g/mol. The molecule has 0 bridgehead atoms. The Balaban J connectivity index is 1.99. The number of likely N-dealkylation sites (N-methyl/N-ethyl adjacent to an activating group) is 1. The lowest BCUT2D eigenvalue weighted by molar-refractivity contribution is 0.162. The summed E-state index contributed by atoms with van der Waals surface area (Å²) >= 11 is 0. The van der Waals surface area contributed by atoms with Gasteiger partial charge in [0.2, 0.25) is 0 Å². The van der Waals surface area contributed by atoms with Crippen molar-refractivity contribution in [1.82, 2.24) is 5.32 Å². The van der Waals surface area contributed by atoms with Crippen LogP contribution >= 0.6 is 0 Å². The Labute approximate surface area is 111 Å². The summed E-state index contributed by atoms with van der Waals surface area (Å²) in [5.41, 5.74) is 1.35. The Morgan fingerprint density at radius 2 is 2.00 bits per heavy atom. The topological polar surface area (TPSA) is 21.3 Å². The lowest BCUT2D eigenvalue weighted by Crippen LogP contribution is -2.41. The highest BCUT2D eigenvalue weighted by molar-refractivity contribution is 5.37. The number of hydrogen-bond donors (Lipinski definition) is 1. The van der Waals surface area contributed by atoms with E-state index in [-0.39, 0.29) is 0 Å². The largest absolute Gasteiger partial charge is 0.488 e. The van der Waals surface area contributed by atoms with Gasteiger partial charge in [-0.15, -0.1) is 0 Å². The molecule has 1 aliphatic rings. The standard InChI is InChI=1S/C16H25NO/c1-4-12(5-2)10-14(17-3)16-11-13-8-6-7-9-15(13)18-16/h6-9,12,14,16-17H,4-5,10-11H2,1-3H3. The van der Waals surface area contributed by atoms with Crippen molar-refractivity contribution in [1.29, 1.82) is 0 Å². The first-order valence-corrected chi connectivity index (χ1v) is 7.20. The number of ether oxygens (including phenoxy) is 1. The second kappa shape index (κ2) is 6.24. The van der Waals surface area contributed by atoms with E-state index in [2.05, 4.69) is 50.5 Å². The summed E-state index contributed by atoms with van der Waals surface area (Å²) in [5, 5.41) is 3.45. The van der Waals surface area contributed by atoms with Gasteiger partial charge in [-0.3, -0.25) is 0 Å². The van der Waals surface area contributed by atoms with Crippen molar-refractivity contribution in [3.63, 3.8) is 0 Å². The van der Waals surface area contributed by atoms with Gasteiger partial charge in [-0.1, -0.05) is 44.9 Å². The minimum Gasteiger partial charge on any atom is -0.488 e. The SMILES string of the molecule is CCC(CC)CC(NC)C1Cc2ccccc2O1. The van der Waals surface area contributed by atoms with E-state index in [1.807, 2.05) is 0 Å². The van der Waals surface area contributed by atoms with Gasteiger partial charge < -0.3 is 10.1 Å². The number of benzene rings is 1. The van der Waals surface area contributed by atoms with Crippen LogP contribution in [0.2, 0.25) is 0 Å². The third kappa shape index (κ3) is 2.86. The average Bonchev–Trinajstić information content (AvgIpc) is 2.84. The van der Waals surface area contributed by atoms with Gasteiger partial charge in [-0.25, -0.2) is 0 Å². The monoisotopic (exact) mass is 247 g/mol. The molecule has 0 saturated heterocycles. The average molecular weight is 247 g/mol. The molecule has 1 aliphatic heterocycles. The maximum absolute atomic E-state index is 6.09. The summed E-state index contributed by atoms with van der Waals surface area (Å²) in [6, 6.07) is 8.87. The van der Waals surface area contributed by atoms with E-state index in [1.165, 1.54) is 24.8 Å². The number of nitrogens with one attached hydrogen (secondary N) is 1. The van der Waals surface area contributed by atoms with Gasteiger partial charge in [0.1, 0.15) is 11.9 Å². The van der Waals surface area contributed by atoms with E-state index in [4.69, 9.17) is 4.74 Å². The summed E-state index contributed by atoms with van der Waals surface area (Å²) in [6.45, 7) is 4.57. The van der Waals surface area contributed by atoms with Crippen molar-refractivity contribution in [3.05, 3.63) is 29.8 Å². The summed E-state index contributed by atoms with van der Waals surface area (Å²) in [6.07, 6.45) is 5.07. The molecule has 0 amide bonds. The van der Waals surface area contributed by atoms with Gasteiger partial charge in [0, 0.05) is 12.5 Å². The van der Waals surface area contributed by atoms with E-state index in [0.29, 0.717) is 12.1 Å². The number of hydrogen-bond acceptors (Lipinski definition) is 2. The lowest BCUT2D eigenvalue weighted by Gasteiger charge is -2.26. The zero-order valence-corrected chi connectivity index (χ0v) is 11.8. The maximum Gasteiger partial charge on any atom is 0.123 e. The molecular formula is C16H25NO. The van der Waals surface area contributed by atoms with Crippen LogP contribution in [0, 0.1) is 5.92 Å². The van der Waals surface area contributed by atoms with Crippen LogP contribution in [0.15, 0.2) is 24.3 Å². The zero-order chi connectivity index (χ0) is 13.0. The van der Waals surface area contributed by atoms with Crippen molar-refractivity contribution in [2.45, 2.75) is 51.7 Å². The van der Waals surface area contributed by atoms with Gasteiger partial charge in [0.15, 0.2) is 0 Å². The molecule has 2 unspecified atom stereocenters. The van der Waals surface area contributed by atoms with Crippen LogP contribution in [0.25, 0.3) is 0 Å². The molecule has 100 valence electrons. The van der Waals surface area contributed by atoms with Crippen molar-refractivity contribution in [2.24, 2.45) is 5.92 Å². The summed E-state index contributed by atoms with van der Waals surface area (Å²) in [5.74, 6) is 1.88. The summed E-state index contributed by atoms with van der Waals surface area (Å²) in [7, 11) is 2.05. The van der Waals surface area contributed by atoms with Crippen LogP contribution < -0.4 is 10.1 Å². The Morgan fingerprint density at radius 3 is 2.61 bits per heavy atom. The quantitative estimate of drug-likeness (QED) is 0.832. The van der Waals surface area contributed by atoms with Gasteiger partial charge in [0.25, 0.3) is 0 Å². The Hall–Kier alpha value is -1.02. The van der Waals surface area contributed by atoms with Crippen LogP contribution in [-0.4, -0.2) is 19.2 Å². The van der Waals surface area contributed by atoms with Crippen LogP contribution in [0.4, 0.5) is 0 Å². The maximum atomic E-state index is 6.09. The van der Waals surface area contributed by atoms with Crippen LogP contribution in [0.1, 0.15) is 38.7 Å². The third-order valence-corrected chi connectivity index (χ3v) is 4.23. The van der Waals surface area contributed by atoms with Crippen LogP contribution in [-0.2, 0) is 6.42 Å². The van der Waals surface area contributed by atoms with Crippen molar-refractivity contribution >= 4 is 0 Å². The van der Waals surface area contributed by atoms with E-state index < -0.39 is 0 Å². The first-order valence-electron chi connectivity index (χ1n) is 7.20. The predicted molar refractivity (Wildman–Crippen MR) is 76.1 cm³/mol. The molecule has 0 fully saturated rings. The molecule has 1 N–H and O–H groups in total. The molecule has 0 saturated carbocycles. The van der Waals surface area contributed by atoms with Gasteiger partial charge in [0.05, 0.1) is 0 Å². The number of fused-ring (bicyclic) bond motifs is 1. The fourth-order valence-corrected chi connectivity index (χ4v) is 2.87. The molecule has 0 spiro atoms. The second-order valence-corrected chi connectivity index (χ2v) is 5.28. The number of para-hydroxylation sites is 1. The molecule has 18 heavy (non-hydrogen) atoms. The first kappa shape index (κ1) is 13.4. The van der Waals surface area contributed by atoms with Gasteiger partial charge >= 0.3 is 0 Å². The summed E-state index contributed by atoms with van der Waals surface area (Å²) in [4.78, 5) is 0. The van der Waals surface area contributed by atoms with Gasteiger partial charge in [-0.2, -0.15) is 0 Å². The Bertz CT molecular complexity index is 348. The third-order valence-electron chi connectivity index (χ3n) is 4.23. The molecule has 2 heteroatoms. The molecule has 0 radical (unpaired) electrons. The molecule has 0 aliphatic carbocycles. The molecule has 2 rings (SSSR count). The highest BCUT2D eigenvalue weighted by Crippen LogP contribution is 2.31. The highest BCUT2D eigenvalue weighted by Gasteiger charge is 2.30. The lowest BCUT2D eigenvalue weighted by atomic mass is 9.91. The van der Waals surface area contributed by atoms with Crippen molar-refractivity contribution < 1.29 is 4.74 Å². The highest BCUT2D eigenvalue weighted by atomic mass is 16.5. The minimum absolute atomic E-state index is 0.299. The van der Waals surface area contributed by atoms with E-state index in [0.717, 1.165) is 18.1 Å². The molecule has 1 heterocycles. The van der Waals surface area contributed by atoms with Crippen molar-refractivity contribution in [3.8, 4) is 5.75 Å². The Morgan fingerprint density at radius 1 is 1.28 bits per heavy atom. The number of rotatable bonds is 6. The predicted octanol–water partition coefficient (Wildman–Crippen LogP) is 3.40. The van der Waals surface area contributed by atoms with E-state index in [9.17, 15) is 0 Å². The fraction of sp³-hybridized carbons (Fsp3) is 0.625. The molecule has 0 aromatic heterocycles. The zero-order valence-electron chi connectivity index (χ0n) is 11.8. The normalized spacial score (nSPS) is 19.7. The van der Waals surface area contributed by atoms with E-state index >= 15 is 0 Å². The molecule has 2 nitrogen and oxygen atoms in total. The minimum atomic E-state index is 0.299. The van der Waals surface area contributed by atoms with Crippen LogP contribution in [0.5, 0.6) is 5.75 Å². The smallest absolute Gasteiger partial charge is 0.123 e. The Kier molecular flexibility index (Phi) is 4.65. The van der Waals surface area contributed by atoms with Crippen molar-refractivity contribution in [2.75, 3.05) is 7.05 Å². The van der Waals surface area contributed by atoms with E-state index in [1.54, 1.807) is 0 Å².